The van der Waals surface area contributed by atoms with Crippen molar-refractivity contribution in [3.8, 4) is 5.75 Å². The molecule has 26 heavy (non-hydrogen) atoms. The number of ketones is 1. The highest BCUT2D eigenvalue weighted by molar-refractivity contribution is 5.98. The zero-order chi connectivity index (χ0) is 18.9. The number of rotatable bonds is 9. The van der Waals surface area contributed by atoms with Crippen LogP contribution in [0.2, 0.25) is 0 Å². The summed E-state index contributed by atoms with van der Waals surface area (Å²) in [4.78, 5) is 24.6. The molecule has 0 saturated carbocycles. The van der Waals surface area contributed by atoms with E-state index in [9.17, 15) is 9.59 Å². The number of hydrogen-bond donors (Lipinski definition) is 1. The number of Topliss-reactive ketones (excluding diaryl/α,β-unsaturated/α-hetero) is 1. The number of anilines is 1. The molecule has 4 heteroatoms. The van der Waals surface area contributed by atoms with Gasteiger partial charge in [-0.05, 0) is 36.1 Å². The molecule has 2 rings (SSSR count). The largest absolute Gasteiger partial charge is 0.497 e. The van der Waals surface area contributed by atoms with Crippen LogP contribution in [-0.2, 0) is 17.6 Å². The Kier molecular flexibility index (Phi) is 7.39. The number of hydrogen-bond acceptors (Lipinski definition) is 3. The number of methoxy groups -OCH3 is 1. The maximum Gasteiger partial charge on any atom is 0.228 e. The molecule has 1 amide bonds. The van der Waals surface area contributed by atoms with Crippen LogP contribution in [0.5, 0.6) is 5.75 Å². The van der Waals surface area contributed by atoms with Crippen LogP contribution in [0.15, 0.2) is 42.5 Å². The summed E-state index contributed by atoms with van der Waals surface area (Å²) >= 11 is 0. The van der Waals surface area contributed by atoms with E-state index >= 15 is 0 Å². The fourth-order valence-electron chi connectivity index (χ4n) is 2.88. The summed E-state index contributed by atoms with van der Waals surface area (Å²) < 4.78 is 5.17. The van der Waals surface area contributed by atoms with Gasteiger partial charge in [0, 0.05) is 23.7 Å². The summed E-state index contributed by atoms with van der Waals surface area (Å²) in [6, 6.07) is 13.0. The van der Waals surface area contributed by atoms with Crippen LogP contribution < -0.4 is 10.1 Å². The first-order valence-corrected chi connectivity index (χ1v) is 9.16. The van der Waals surface area contributed by atoms with Crippen molar-refractivity contribution in [1.29, 1.82) is 0 Å². The summed E-state index contributed by atoms with van der Waals surface area (Å²) in [6.45, 7) is 4.12. The van der Waals surface area contributed by atoms with Crippen molar-refractivity contribution in [1.82, 2.24) is 0 Å². The van der Waals surface area contributed by atoms with Gasteiger partial charge in [-0.1, -0.05) is 44.5 Å². The SMILES string of the molecule is CCCCC(=O)c1ccc(CC(=O)Nc2cccc(OC)c2)cc1CC. The lowest BCUT2D eigenvalue weighted by Gasteiger charge is -2.11. The van der Waals surface area contributed by atoms with E-state index in [-0.39, 0.29) is 18.1 Å². The fourth-order valence-corrected chi connectivity index (χ4v) is 2.88. The number of aryl methyl sites for hydroxylation is 1. The molecule has 1 N–H and O–H groups in total. The molecule has 0 radical (unpaired) electrons. The van der Waals surface area contributed by atoms with Gasteiger partial charge in [0.05, 0.1) is 13.5 Å². The monoisotopic (exact) mass is 353 g/mol. The predicted octanol–water partition coefficient (Wildman–Crippen LogP) is 4.81. The summed E-state index contributed by atoms with van der Waals surface area (Å²) in [5.74, 6) is 0.799. The fraction of sp³-hybridized carbons (Fsp3) is 0.364. The number of carbonyl (C=O) groups is 2. The van der Waals surface area contributed by atoms with Crippen LogP contribution in [0, 0.1) is 0 Å². The Hall–Kier alpha value is -2.62. The Labute approximate surface area is 155 Å². The summed E-state index contributed by atoms with van der Waals surface area (Å²) in [7, 11) is 1.59. The molecule has 0 fully saturated rings. The van der Waals surface area contributed by atoms with Crippen molar-refractivity contribution >= 4 is 17.4 Å². The second-order valence-corrected chi connectivity index (χ2v) is 6.33. The zero-order valence-electron chi connectivity index (χ0n) is 15.8. The number of nitrogens with one attached hydrogen (secondary N) is 1. The molecule has 0 heterocycles. The van der Waals surface area contributed by atoms with E-state index in [1.807, 2.05) is 43.3 Å². The second kappa shape index (κ2) is 9.76. The van der Waals surface area contributed by atoms with Crippen LogP contribution in [0.25, 0.3) is 0 Å². The zero-order valence-corrected chi connectivity index (χ0v) is 15.8. The summed E-state index contributed by atoms with van der Waals surface area (Å²) in [6.07, 6.45) is 3.55. The Morgan fingerprint density at radius 1 is 1.08 bits per heavy atom. The van der Waals surface area contributed by atoms with E-state index in [1.54, 1.807) is 13.2 Å². The highest BCUT2D eigenvalue weighted by Crippen LogP contribution is 2.19. The van der Waals surface area contributed by atoms with E-state index < -0.39 is 0 Å². The molecule has 0 aliphatic rings. The van der Waals surface area contributed by atoms with Gasteiger partial charge in [-0.25, -0.2) is 0 Å². The first-order chi connectivity index (χ1) is 12.6. The standard InChI is InChI=1S/C22H27NO3/c1-4-6-10-21(24)20-12-11-16(13-17(20)5-2)14-22(25)23-18-8-7-9-19(15-18)26-3/h7-9,11-13,15H,4-6,10,14H2,1-3H3,(H,23,25). The molecule has 2 aromatic rings. The van der Waals surface area contributed by atoms with Gasteiger partial charge in [-0.15, -0.1) is 0 Å². The normalized spacial score (nSPS) is 10.4. The number of benzene rings is 2. The van der Waals surface area contributed by atoms with E-state index in [4.69, 9.17) is 4.74 Å². The topological polar surface area (TPSA) is 55.4 Å². The minimum atomic E-state index is -0.0923. The van der Waals surface area contributed by atoms with Crippen molar-refractivity contribution in [3.05, 3.63) is 59.2 Å². The number of ether oxygens (including phenoxy) is 1. The Balaban J connectivity index is 2.06. The smallest absolute Gasteiger partial charge is 0.228 e. The average molecular weight is 353 g/mol. The van der Waals surface area contributed by atoms with Gasteiger partial charge in [0.25, 0.3) is 0 Å². The third-order valence-corrected chi connectivity index (χ3v) is 4.33. The minimum absolute atomic E-state index is 0.0923. The molecule has 0 saturated heterocycles. The van der Waals surface area contributed by atoms with Gasteiger partial charge in [-0.2, -0.15) is 0 Å². The van der Waals surface area contributed by atoms with Crippen molar-refractivity contribution in [2.24, 2.45) is 0 Å². The molecule has 0 bridgehead atoms. The van der Waals surface area contributed by atoms with E-state index in [2.05, 4.69) is 12.2 Å². The molecule has 4 nitrogen and oxygen atoms in total. The van der Waals surface area contributed by atoms with Crippen molar-refractivity contribution < 1.29 is 14.3 Å². The van der Waals surface area contributed by atoms with Crippen LogP contribution in [-0.4, -0.2) is 18.8 Å². The van der Waals surface area contributed by atoms with E-state index in [1.165, 1.54) is 0 Å². The van der Waals surface area contributed by atoms with Crippen LogP contribution >= 0.6 is 0 Å². The lowest BCUT2D eigenvalue weighted by atomic mass is 9.95. The van der Waals surface area contributed by atoms with Gasteiger partial charge in [-0.3, -0.25) is 9.59 Å². The van der Waals surface area contributed by atoms with E-state index in [0.717, 1.165) is 36.0 Å². The molecular formula is C22H27NO3. The van der Waals surface area contributed by atoms with Gasteiger partial charge >= 0.3 is 0 Å². The second-order valence-electron chi connectivity index (χ2n) is 6.33. The first-order valence-electron chi connectivity index (χ1n) is 9.16. The molecule has 0 unspecified atom stereocenters. The van der Waals surface area contributed by atoms with E-state index in [0.29, 0.717) is 17.9 Å². The molecule has 0 atom stereocenters. The highest BCUT2D eigenvalue weighted by Gasteiger charge is 2.12. The molecule has 0 spiro atoms. The van der Waals surface area contributed by atoms with Crippen molar-refractivity contribution in [2.45, 2.75) is 46.0 Å². The Morgan fingerprint density at radius 3 is 2.58 bits per heavy atom. The van der Waals surface area contributed by atoms with Gasteiger partial charge in [0.15, 0.2) is 5.78 Å². The number of unbranched alkanes of at least 4 members (excludes halogenated alkanes) is 1. The third-order valence-electron chi connectivity index (χ3n) is 4.33. The maximum atomic E-state index is 12.3. The van der Waals surface area contributed by atoms with Gasteiger partial charge < -0.3 is 10.1 Å². The molecule has 0 aliphatic carbocycles. The lowest BCUT2D eigenvalue weighted by molar-refractivity contribution is -0.115. The van der Waals surface area contributed by atoms with Crippen LogP contribution in [0.4, 0.5) is 5.69 Å². The lowest BCUT2D eigenvalue weighted by Crippen LogP contribution is -2.15. The minimum Gasteiger partial charge on any atom is -0.497 e. The van der Waals surface area contributed by atoms with Crippen LogP contribution in [0.3, 0.4) is 0 Å². The number of carbonyl (C=O) groups excluding carboxylic acids is 2. The first kappa shape index (κ1) is 19.7. The maximum absolute atomic E-state index is 12.3. The number of amides is 1. The molecular weight excluding hydrogens is 326 g/mol. The molecule has 0 aliphatic heterocycles. The Bertz CT molecular complexity index is 768. The Morgan fingerprint density at radius 2 is 1.88 bits per heavy atom. The molecule has 0 aromatic heterocycles. The van der Waals surface area contributed by atoms with Crippen molar-refractivity contribution in [3.63, 3.8) is 0 Å². The predicted molar refractivity (Wildman–Crippen MR) is 105 cm³/mol. The van der Waals surface area contributed by atoms with Gasteiger partial charge in [0.1, 0.15) is 5.75 Å². The third kappa shape index (κ3) is 5.45. The quantitative estimate of drug-likeness (QED) is 0.658. The van der Waals surface area contributed by atoms with Gasteiger partial charge in [0.2, 0.25) is 5.91 Å². The molecule has 138 valence electrons. The average Bonchev–Trinajstić information content (AvgIpc) is 2.65. The summed E-state index contributed by atoms with van der Waals surface area (Å²) in [5.41, 5.74) is 3.42. The highest BCUT2D eigenvalue weighted by atomic mass is 16.5. The molecule has 2 aromatic carbocycles. The summed E-state index contributed by atoms with van der Waals surface area (Å²) in [5, 5.41) is 2.88. The van der Waals surface area contributed by atoms with Crippen molar-refractivity contribution in [2.75, 3.05) is 12.4 Å². The van der Waals surface area contributed by atoms with Crippen LogP contribution in [0.1, 0.15) is 54.6 Å².